The fourth-order valence-electron chi connectivity index (χ4n) is 3.65. The Bertz CT molecular complexity index is 703. The minimum Gasteiger partial charge on any atom is -0.497 e. The first-order chi connectivity index (χ1) is 12.7. The molecule has 1 aliphatic rings. The van der Waals surface area contributed by atoms with Crippen molar-refractivity contribution >= 4 is 0 Å². The molecule has 1 aliphatic heterocycles. The smallest absolute Gasteiger partial charge is 0.122 e. The molecule has 1 N–H and O–H groups in total. The van der Waals surface area contributed by atoms with Crippen LogP contribution in [0.25, 0.3) is 0 Å². The number of hydrogen-bond acceptors (Lipinski definition) is 4. The van der Waals surface area contributed by atoms with Gasteiger partial charge in [-0.2, -0.15) is 0 Å². The van der Waals surface area contributed by atoms with Crippen molar-refractivity contribution in [2.75, 3.05) is 27.3 Å². The third kappa shape index (κ3) is 4.99. The predicted octanol–water partition coefficient (Wildman–Crippen LogP) is 3.31. The summed E-state index contributed by atoms with van der Waals surface area (Å²) in [5, 5.41) is 9.75. The highest BCUT2D eigenvalue weighted by atomic mass is 16.5. The summed E-state index contributed by atoms with van der Waals surface area (Å²) in [6.07, 6.45) is 3.48. The Morgan fingerprint density at radius 3 is 2.73 bits per heavy atom. The second-order valence-corrected chi connectivity index (χ2v) is 7.08. The second-order valence-electron chi connectivity index (χ2n) is 7.08. The van der Waals surface area contributed by atoms with Gasteiger partial charge in [-0.1, -0.05) is 30.3 Å². The first-order valence-electron chi connectivity index (χ1n) is 9.37. The quantitative estimate of drug-likeness (QED) is 0.789. The maximum absolute atomic E-state index is 9.75. The number of benzene rings is 2. The molecule has 0 spiro atoms. The van der Waals surface area contributed by atoms with Crippen molar-refractivity contribution in [3.8, 4) is 11.5 Å². The van der Waals surface area contributed by atoms with Gasteiger partial charge in [0.15, 0.2) is 0 Å². The number of likely N-dealkylation sites (N-methyl/N-ethyl adjacent to an activating group) is 1. The average Bonchev–Trinajstić information content (AvgIpc) is 2.98. The summed E-state index contributed by atoms with van der Waals surface area (Å²) in [4.78, 5) is 2.22. The van der Waals surface area contributed by atoms with Crippen LogP contribution >= 0.6 is 0 Å². The summed E-state index contributed by atoms with van der Waals surface area (Å²) in [7, 11) is 3.77. The van der Waals surface area contributed by atoms with Crippen molar-refractivity contribution in [3.05, 3.63) is 59.7 Å². The van der Waals surface area contributed by atoms with E-state index in [1.807, 2.05) is 24.3 Å². The molecule has 0 aromatic heterocycles. The van der Waals surface area contributed by atoms with Gasteiger partial charge in [0, 0.05) is 12.6 Å². The van der Waals surface area contributed by atoms with Crippen molar-refractivity contribution in [3.63, 3.8) is 0 Å². The molecule has 2 aromatic carbocycles. The average molecular weight is 355 g/mol. The fraction of sp³-hybridized carbons (Fsp3) is 0.455. The van der Waals surface area contributed by atoms with Gasteiger partial charge in [-0.15, -0.1) is 0 Å². The molecule has 1 saturated heterocycles. The van der Waals surface area contributed by atoms with E-state index in [0.717, 1.165) is 43.7 Å². The van der Waals surface area contributed by atoms with E-state index in [2.05, 4.69) is 36.2 Å². The number of rotatable bonds is 8. The van der Waals surface area contributed by atoms with Gasteiger partial charge >= 0.3 is 0 Å². The molecule has 4 nitrogen and oxygen atoms in total. The summed E-state index contributed by atoms with van der Waals surface area (Å²) in [5.41, 5.74) is 2.50. The highest BCUT2D eigenvalue weighted by Gasteiger charge is 2.27. The van der Waals surface area contributed by atoms with Crippen LogP contribution in [0.4, 0.5) is 0 Å². The molecule has 2 atom stereocenters. The van der Waals surface area contributed by atoms with Crippen LogP contribution in [0.5, 0.6) is 11.5 Å². The van der Waals surface area contributed by atoms with E-state index in [9.17, 15) is 5.11 Å². The molecule has 26 heavy (non-hydrogen) atoms. The molecular formula is C22H29NO3. The van der Waals surface area contributed by atoms with Gasteiger partial charge < -0.3 is 19.5 Å². The second kappa shape index (κ2) is 9.06. The van der Waals surface area contributed by atoms with E-state index in [1.165, 1.54) is 11.1 Å². The van der Waals surface area contributed by atoms with Crippen molar-refractivity contribution in [2.24, 2.45) is 0 Å². The monoisotopic (exact) mass is 355 g/mol. The highest BCUT2D eigenvalue weighted by molar-refractivity contribution is 5.35. The zero-order chi connectivity index (χ0) is 18.4. The van der Waals surface area contributed by atoms with Crippen LogP contribution in [0.3, 0.4) is 0 Å². The van der Waals surface area contributed by atoms with Crippen LogP contribution in [-0.2, 0) is 12.8 Å². The molecule has 2 aromatic rings. The van der Waals surface area contributed by atoms with Gasteiger partial charge in [-0.25, -0.2) is 0 Å². The Hall–Kier alpha value is -2.04. The lowest BCUT2D eigenvalue weighted by Crippen LogP contribution is -2.26. The molecule has 1 fully saturated rings. The molecule has 0 amide bonds. The summed E-state index contributed by atoms with van der Waals surface area (Å²) in [6.45, 7) is 1.44. The molecule has 0 unspecified atom stereocenters. The van der Waals surface area contributed by atoms with Gasteiger partial charge in [-0.3, -0.25) is 0 Å². The lowest BCUT2D eigenvalue weighted by atomic mass is 10.0. The van der Waals surface area contributed by atoms with E-state index in [0.29, 0.717) is 12.6 Å². The zero-order valence-electron chi connectivity index (χ0n) is 15.7. The van der Waals surface area contributed by atoms with Crippen LogP contribution in [-0.4, -0.2) is 49.5 Å². The molecular weight excluding hydrogens is 326 g/mol. The molecule has 1 heterocycles. The van der Waals surface area contributed by atoms with E-state index >= 15 is 0 Å². The number of aliphatic hydroxyl groups is 1. The molecule has 4 heteroatoms. The third-order valence-corrected chi connectivity index (χ3v) is 5.16. The Morgan fingerprint density at radius 1 is 1.12 bits per heavy atom. The van der Waals surface area contributed by atoms with Crippen LogP contribution in [0.15, 0.2) is 48.5 Å². The maximum Gasteiger partial charge on any atom is 0.122 e. The Balaban J connectivity index is 1.54. The van der Waals surface area contributed by atoms with Crippen molar-refractivity contribution < 1.29 is 14.6 Å². The van der Waals surface area contributed by atoms with Gasteiger partial charge in [0.05, 0.1) is 19.8 Å². The van der Waals surface area contributed by atoms with E-state index in [4.69, 9.17) is 9.47 Å². The first kappa shape index (κ1) is 18.7. The molecule has 3 rings (SSSR count). The molecule has 0 saturated carbocycles. The van der Waals surface area contributed by atoms with Gasteiger partial charge in [0.2, 0.25) is 0 Å². The van der Waals surface area contributed by atoms with Gasteiger partial charge in [-0.05, 0) is 62.1 Å². The number of aliphatic hydroxyl groups excluding tert-OH is 1. The van der Waals surface area contributed by atoms with Crippen molar-refractivity contribution in [1.29, 1.82) is 0 Å². The number of methoxy groups -OCH3 is 1. The number of β-amino-alcohol motifs (C(OH)–C–C–N with tert-alkyl or cyclic N) is 1. The Morgan fingerprint density at radius 2 is 1.96 bits per heavy atom. The number of para-hydroxylation sites is 1. The fourth-order valence-corrected chi connectivity index (χ4v) is 3.65. The number of nitrogens with zero attached hydrogens (tertiary/aromatic N) is 1. The zero-order valence-corrected chi connectivity index (χ0v) is 15.7. The maximum atomic E-state index is 9.75. The predicted molar refractivity (Wildman–Crippen MR) is 104 cm³/mol. The summed E-state index contributed by atoms with van der Waals surface area (Å²) >= 11 is 0. The van der Waals surface area contributed by atoms with E-state index < -0.39 is 0 Å². The summed E-state index contributed by atoms with van der Waals surface area (Å²) in [6, 6.07) is 16.9. The minimum atomic E-state index is -0.194. The van der Waals surface area contributed by atoms with E-state index in [1.54, 1.807) is 7.11 Å². The van der Waals surface area contributed by atoms with Crippen molar-refractivity contribution in [1.82, 2.24) is 4.90 Å². The standard InChI is InChI=1S/C22H29NO3/c1-23-16-20(24)15-19(23)12-13-26-22-9-4-3-7-18(22)11-10-17-6-5-8-21(14-17)25-2/h3-9,14,19-20,24H,10-13,15-16H2,1-2H3/t19-,20+/m0/s1. The van der Waals surface area contributed by atoms with Gasteiger partial charge in [0.1, 0.15) is 11.5 Å². The normalized spacial score (nSPS) is 20.3. The number of aryl methyl sites for hydroxylation is 2. The topological polar surface area (TPSA) is 41.9 Å². The van der Waals surface area contributed by atoms with Crippen LogP contribution < -0.4 is 9.47 Å². The lowest BCUT2D eigenvalue weighted by molar-refractivity contribution is 0.182. The van der Waals surface area contributed by atoms with Crippen LogP contribution in [0.1, 0.15) is 24.0 Å². The van der Waals surface area contributed by atoms with E-state index in [-0.39, 0.29) is 6.10 Å². The number of likely N-dealkylation sites (tertiary alicyclic amines) is 1. The molecule has 0 aliphatic carbocycles. The Labute approximate surface area is 156 Å². The van der Waals surface area contributed by atoms with Gasteiger partial charge in [0.25, 0.3) is 0 Å². The largest absolute Gasteiger partial charge is 0.497 e. The molecule has 140 valence electrons. The highest BCUT2D eigenvalue weighted by Crippen LogP contribution is 2.23. The first-order valence-corrected chi connectivity index (χ1v) is 9.37. The molecule has 0 radical (unpaired) electrons. The Kier molecular flexibility index (Phi) is 6.53. The van der Waals surface area contributed by atoms with Crippen molar-refractivity contribution in [2.45, 2.75) is 37.8 Å². The van der Waals surface area contributed by atoms with Crippen LogP contribution in [0, 0.1) is 0 Å². The summed E-state index contributed by atoms with van der Waals surface area (Å²) < 4.78 is 11.4. The van der Waals surface area contributed by atoms with Crippen LogP contribution in [0.2, 0.25) is 0 Å². The molecule has 0 bridgehead atoms. The SMILES string of the molecule is COc1cccc(CCc2ccccc2OCC[C@H]2C[C@@H](O)CN2C)c1. The minimum absolute atomic E-state index is 0.194. The lowest BCUT2D eigenvalue weighted by Gasteiger charge is -2.19. The number of hydrogen-bond donors (Lipinski definition) is 1. The number of ether oxygens (including phenoxy) is 2. The third-order valence-electron chi connectivity index (χ3n) is 5.16. The summed E-state index contributed by atoms with van der Waals surface area (Å²) in [5.74, 6) is 1.87.